The number of aliphatic hydroxyl groups is 1. The van der Waals surface area contributed by atoms with Gasteiger partial charge in [-0.05, 0) is 30.6 Å². The third-order valence-electron chi connectivity index (χ3n) is 7.38. The number of carbonyl (C=O) groups is 1. The van der Waals surface area contributed by atoms with Gasteiger partial charge >= 0.3 is 0 Å². The summed E-state index contributed by atoms with van der Waals surface area (Å²) in [6.07, 6.45) is 2.43. The van der Waals surface area contributed by atoms with E-state index in [0.29, 0.717) is 12.5 Å². The van der Waals surface area contributed by atoms with Gasteiger partial charge in [0.2, 0.25) is 5.91 Å². The maximum absolute atomic E-state index is 12.8. The molecule has 1 aliphatic heterocycles. The fourth-order valence-corrected chi connectivity index (χ4v) is 4.96. The van der Waals surface area contributed by atoms with E-state index in [0.717, 1.165) is 32.4 Å². The molecule has 126 valence electrons. The van der Waals surface area contributed by atoms with Gasteiger partial charge < -0.3 is 14.7 Å². The highest BCUT2D eigenvalue weighted by Crippen LogP contribution is 2.69. The maximum Gasteiger partial charge on any atom is 0.226 e. The molecular weight excluding hydrogens is 278 g/mol. The quantitative estimate of drug-likeness (QED) is 0.871. The number of hydrogen-bond acceptors (Lipinski definition) is 3. The van der Waals surface area contributed by atoms with E-state index >= 15 is 0 Å². The van der Waals surface area contributed by atoms with Crippen LogP contribution in [0.25, 0.3) is 0 Å². The minimum absolute atomic E-state index is 0.0959. The maximum atomic E-state index is 12.8. The van der Waals surface area contributed by atoms with Gasteiger partial charge in [-0.15, -0.1) is 0 Å². The van der Waals surface area contributed by atoms with Crippen molar-refractivity contribution < 1.29 is 14.6 Å². The Labute approximate surface area is 134 Å². The predicted octanol–water partition coefficient (Wildman–Crippen LogP) is 2.45. The molecule has 22 heavy (non-hydrogen) atoms. The van der Waals surface area contributed by atoms with Gasteiger partial charge in [0.1, 0.15) is 0 Å². The summed E-state index contributed by atoms with van der Waals surface area (Å²) in [5.41, 5.74) is 0.105. The molecule has 3 rings (SSSR count). The van der Waals surface area contributed by atoms with Crippen molar-refractivity contribution in [1.82, 2.24) is 4.90 Å². The zero-order chi connectivity index (χ0) is 16.3. The van der Waals surface area contributed by atoms with Crippen LogP contribution in [-0.4, -0.2) is 47.8 Å². The monoisotopic (exact) mass is 309 g/mol. The van der Waals surface area contributed by atoms with Crippen LogP contribution >= 0.6 is 0 Å². The summed E-state index contributed by atoms with van der Waals surface area (Å²) in [6, 6.07) is 0. The molecule has 2 aliphatic carbocycles. The molecule has 0 aromatic carbocycles. The van der Waals surface area contributed by atoms with E-state index < -0.39 is 0 Å². The van der Waals surface area contributed by atoms with Crippen molar-refractivity contribution in [3.05, 3.63) is 0 Å². The first-order chi connectivity index (χ1) is 10.2. The Hall–Kier alpha value is -0.610. The summed E-state index contributed by atoms with van der Waals surface area (Å²) < 4.78 is 5.80. The predicted molar refractivity (Wildman–Crippen MR) is 85.3 cm³/mol. The van der Waals surface area contributed by atoms with Gasteiger partial charge in [0.05, 0.1) is 12.2 Å². The summed E-state index contributed by atoms with van der Waals surface area (Å²) in [4.78, 5) is 14.9. The number of nitrogens with zero attached hydrogens (tertiary/aromatic N) is 1. The molecule has 1 saturated heterocycles. The van der Waals surface area contributed by atoms with Crippen LogP contribution < -0.4 is 0 Å². The molecule has 4 heteroatoms. The van der Waals surface area contributed by atoms with Gasteiger partial charge in [-0.1, -0.05) is 27.7 Å². The van der Waals surface area contributed by atoms with Gasteiger partial charge in [0, 0.05) is 37.5 Å². The summed E-state index contributed by atoms with van der Waals surface area (Å²) in [5.74, 6) is 0.453. The number of rotatable bonds is 3. The van der Waals surface area contributed by atoms with Gasteiger partial charge in [-0.3, -0.25) is 4.79 Å². The van der Waals surface area contributed by atoms with Crippen LogP contribution in [0, 0.1) is 22.2 Å². The summed E-state index contributed by atoms with van der Waals surface area (Å²) in [5, 5.41) is 10.2. The van der Waals surface area contributed by atoms with Crippen LogP contribution in [0.2, 0.25) is 0 Å². The Morgan fingerprint density at radius 3 is 2.14 bits per heavy atom. The highest BCUT2D eigenvalue weighted by molar-refractivity contribution is 5.84. The SMILES string of the molecule is CCOC1CC(O)C12CCN(C(=O)C1C(C)(C)C1(C)C)CC2. The summed E-state index contributed by atoms with van der Waals surface area (Å²) in [6.45, 7) is 13.0. The van der Waals surface area contributed by atoms with Crippen molar-refractivity contribution in [2.75, 3.05) is 19.7 Å². The van der Waals surface area contributed by atoms with E-state index in [1.54, 1.807) is 0 Å². The Morgan fingerprint density at radius 2 is 1.73 bits per heavy atom. The number of amides is 1. The molecule has 2 saturated carbocycles. The smallest absolute Gasteiger partial charge is 0.226 e. The van der Waals surface area contributed by atoms with Crippen LogP contribution in [0.3, 0.4) is 0 Å². The lowest BCUT2D eigenvalue weighted by Crippen LogP contribution is -2.62. The number of ether oxygens (including phenoxy) is 1. The third-order valence-corrected chi connectivity index (χ3v) is 7.38. The lowest BCUT2D eigenvalue weighted by molar-refractivity contribution is -0.210. The fourth-order valence-electron chi connectivity index (χ4n) is 4.96. The van der Waals surface area contributed by atoms with Crippen molar-refractivity contribution in [3.8, 4) is 0 Å². The van der Waals surface area contributed by atoms with Gasteiger partial charge in [0.25, 0.3) is 0 Å². The van der Waals surface area contributed by atoms with E-state index in [1.165, 1.54) is 0 Å². The fraction of sp³-hybridized carbons (Fsp3) is 0.944. The lowest BCUT2D eigenvalue weighted by Gasteiger charge is -2.56. The second kappa shape index (κ2) is 4.94. The van der Waals surface area contributed by atoms with E-state index in [2.05, 4.69) is 27.7 Å². The Bertz CT molecular complexity index is 447. The summed E-state index contributed by atoms with van der Waals surface area (Å²) >= 11 is 0. The molecule has 0 radical (unpaired) electrons. The molecule has 0 bridgehead atoms. The first kappa shape index (κ1) is 16.3. The van der Waals surface area contributed by atoms with Gasteiger partial charge in [-0.25, -0.2) is 0 Å². The standard InChI is InChI=1S/C18H31NO3/c1-6-22-13-11-12(20)18(13)7-9-19(10-8-18)15(21)14-16(2,3)17(14,4)5/h12-14,20H,6-11H2,1-5H3. The third kappa shape index (κ3) is 1.99. The molecule has 0 aromatic rings. The Morgan fingerprint density at radius 1 is 1.18 bits per heavy atom. The molecule has 2 atom stereocenters. The van der Waals surface area contributed by atoms with Crippen molar-refractivity contribution in [1.29, 1.82) is 0 Å². The van der Waals surface area contributed by atoms with Crippen LogP contribution in [0.5, 0.6) is 0 Å². The number of carbonyl (C=O) groups excluding carboxylic acids is 1. The molecule has 0 aromatic heterocycles. The zero-order valence-electron chi connectivity index (χ0n) is 14.7. The average molecular weight is 309 g/mol. The Kier molecular flexibility index (Phi) is 3.65. The van der Waals surface area contributed by atoms with E-state index in [-0.39, 0.29) is 34.4 Å². The van der Waals surface area contributed by atoms with Crippen LogP contribution in [-0.2, 0) is 9.53 Å². The first-order valence-electron chi connectivity index (χ1n) is 8.77. The second-order valence-corrected chi connectivity index (χ2v) is 8.63. The molecule has 1 N–H and O–H groups in total. The molecular formula is C18H31NO3. The number of likely N-dealkylation sites (tertiary alicyclic amines) is 1. The minimum Gasteiger partial charge on any atom is -0.392 e. The van der Waals surface area contributed by atoms with E-state index in [4.69, 9.17) is 4.74 Å². The van der Waals surface area contributed by atoms with Crippen molar-refractivity contribution in [3.63, 3.8) is 0 Å². The largest absolute Gasteiger partial charge is 0.392 e. The number of hydrogen-bond donors (Lipinski definition) is 1. The normalized spacial score (nSPS) is 35.3. The van der Waals surface area contributed by atoms with Crippen LogP contribution in [0.4, 0.5) is 0 Å². The molecule has 3 aliphatic rings. The molecule has 1 heterocycles. The minimum atomic E-state index is -0.255. The topological polar surface area (TPSA) is 49.8 Å². The van der Waals surface area contributed by atoms with E-state index in [9.17, 15) is 9.90 Å². The highest BCUT2D eigenvalue weighted by atomic mass is 16.5. The van der Waals surface area contributed by atoms with Crippen molar-refractivity contribution in [2.24, 2.45) is 22.2 Å². The molecule has 2 unspecified atom stereocenters. The van der Waals surface area contributed by atoms with Gasteiger partial charge in [-0.2, -0.15) is 0 Å². The molecule has 4 nitrogen and oxygen atoms in total. The van der Waals surface area contributed by atoms with Gasteiger partial charge in [0.15, 0.2) is 0 Å². The highest BCUT2D eigenvalue weighted by Gasteiger charge is 2.69. The summed E-state index contributed by atoms with van der Waals surface area (Å²) in [7, 11) is 0. The first-order valence-corrected chi connectivity index (χ1v) is 8.77. The molecule has 3 fully saturated rings. The van der Waals surface area contributed by atoms with Crippen LogP contribution in [0.1, 0.15) is 53.9 Å². The molecule has 1 spiro atoms. The van der Waals surface area contributed by atoms with E-state index in [1.807, 2.05) is 11.8 Å². The lowest BCUT2D eigenvalue weighted by atomic mass is 9.58. The Balaban J connectivity index is 1.62. The van der Waals surface area contributed by atoms with Crippen molar-refractivity contribution in [2.45, 2.75) is 66.1 Å². The van der Waals surface area contributed by atoms with Crippen molar-refractivity contribution >= 4 is 5.91 Å². The zero-order valence-corrected chi connectivity index (χ0v) is 14.7. The average Bonchev–Trinajstić information content (AvgIpc) is 2.88. The molecule has 1 amide bonds. The van der Waals surface area contributed by atoms with Crippen LogP contribution in [0.15, 0.2) is 0 Å². The number of aliphatic hydroxyl groups excluding tert-OH is 1. The second-order valence-electron chi connectivity index (χ2n) is 8.63. The number of piperidine rings is 1.